The van der Waals surface area contributed by atoms with Gasteiger partial charge in [0, 0.05) is 30.7 Å². The van der Waals surface area contributed by atoms with Gasteiger partial charge < -0.3 is 5.32 Å². The van der Waals surface area contributed by atoms with Gasteiger partial charge in [-0.05, 0) is 37.5 Å². The summed E-state index contributed by atoms with van der Waals surface area (Å²) in [5, 5.41) is 2.88. The van der Waals surface area contributed by atoms with Gasteiger partial charge in [0.05, 0.1) is 0 Å². The van der Waals surface area contributed by atoms with E-state index in [2.05, 4.69) is 10.2 Å². The number of likely N-dealkylation sites (tertiary alicyclic amines) is 1. The first kappa shape index (κ1) is 12.5. The summed E-state index contributed by atoms with van der Waals surface area (Å²) in [6, 6.07) is 4.04. The van der Waals surface area contributed by atoms with Crippen LogP contribution in [0.5, 0.6) is 0 Å². The number of hydrogen-bond acceptors (Lipinski definition) is 2. The van der Waals surface area contributed by atoms with E-state index in [1.165, 1.54) is 18.9 Å². The van der Waals surface area contributed by atoms with E-state index in [1.54, 1.807) is 0 Å². The van der Waals surface area contributed by atoms with Crippen LogP contribution in [0, 0.1) is 11.6 Å². The summed E-state index contributed by atoms with van der Waals surface area (Å²) < 4.78 is 25.9. The smallest absolute Gasteiger partial charge is 0.251 e. The van der Waals surface area contributed by atoms with Crippen LogP contribution in [0.25, 0.3) is 0 Å². The fourth-order valence-electron chi connectivity index (χ4n) is 2.58. The monoisotopic (exact) mass is 266 g/mol. The van der Waals surface area contributed by atoms with E-state index in [1.807, 2.05) is 0 Å². The molecule has 1 heterocycles. The molecule has 1 N–H and O–H groups in total. The fourth-order valence-corrected chi connectivity index (χ4v) is 2.58. The van der Waals surface area contributed by atoms with Gasteiger partial charge in [0.15, 0.2) is 11.6 Å². The third-order valence-corrected chi connectivity index (χ3v) is 3.80. The van der Waals surface area contributed by atoms with Gasteiger partial charge in [-0.1, -0.05) is 0 Å². The van der Waals surface area contributed by atoms with Gasteiger partial charge >= 0.3 is 0 Å². The Labute approximate surface area is 110 Å². The largest absolute Gasteiger partial charge is 0.348 e. The number of carbonyl (C=O) groups excluding carboxylic acids is 1. The van der Waals surface area contributed by atoms with Crippen molar-refractivity contribution in [1.29, 1.82) is 0 Å². The summed E-state index contributed by atoms with van der Waals surface area (Å²) >= 11 is 0. The molecule has 0 bridgehead atoms. The Morgan fingerprint density at radius 2 is 2.00 bits per heavy atom. The SMILES string of the molecule is O=C(NC1CCN(C2CC2)C1)c1ccc(F)c(F)c1. The van der Waals surface area contributed by atoms with Crippen molar-refractivity contribution in [2.24, 2.45) is 0 Å². The Morgan fingerprint density at radius 1 is 1.21 bits per heavy atom. The van der Waals surface area contributed by atoms with Gasteiger partial charge in [-0.3, -0.25) is 9.69 Å². The van der Waals surface area contributed by atoms with Crippen LogP contribution in [0.2, 0.25) is 0 Å². The lowest BCUT2D eigenvalue weighted by Gasteiger charge is -2.15. The van der Waals surface area contributed by atoms with Crippen LogP contribution in [-0.2, 0) is 0 Å². The predicted molar refractivity (Wildman–Crippen MR) is 66.8 cm³/mol. The van der Waals surface area contributed by atoms with Gasteiger partial charge in [-0.2, -0.15) is 0 Å². The first-order chi connectivity index (χ1) is 9.13. The first-order valence-corrected chi connectivity index (χ1v) is 6.63. The number of carbonyl (C=O) groups is 1. The third kappa shape index (κ3) is 2.76. The van der Waals surface area contributed by atoms with Crippen molar-refractivity contribution in [1.82, 2.24) is 10.2 Å². The van der Waals surface area contributed by atoms with Crippen LogP contribution >= 0.6 is 0 Å². The van der Waals surface area contributed by atoms with Crippen LogP contribution < -0.4 is 5.32 Å². The van der Waals surface area contributed by atoms with E-state index in [-0.39, 0.29) is 17.5 Å². The number of amides is 1. The fraction of sp³-hybridized carbons (Fsp3) is 0.500. The maximum absolute atomic E-state index is 13.1. The topological polar surface area (TPSA) is 32.3 Å². The van der Waals surface area contributed by atoms with Gasteiger partial charge in [0.2, 0.25) is 0 Å². The van der Waals surface area contributed by atoms with Crippen molar-refractivity contribution in [3.63, 3.8) is 0 Å². The molecule has 1 atom stereocenters. The zero-order valence-corrected chi connectivity index (χ0v) is 10.5. The van der Waals surface area contributed by atoms with Crippen molar-refractivity contribution in [2.75, 3.05) is 13.1 Å². The molecular weight excluding hydrogens is 250 g/mol. The summed E-state index contributed by atoms with van der Waals surface area (Å²) in [4.78, 5) is 14.3. The average Bonchev–Trinajstić information content (AvgIpc) is 3.14. The molecule has 1 saturated carbocycles. The quantitative estimate of drug-likeness (QED) is 0.906. The highest BCUT2D eigenvalue weighted by Gasteiger charge is 2.34. The second-order valence-corrected chi connectivity index (χ2v) is 5.31. The van der Waals surface area contributed by atoms with Crippen LogP contribution in [0.15, 0.2) is 18.2 Å². The maximum Gasteiger partial charge on any atom is 0.251 e. The van der Waals surface area contributed by atoms with Gasteiger partial charge in [0.1, 0.15) is 0 Å². The second kappa shape index (κ2) is 4.89. The minimum atomic E-state index is -0.987. The first-order valence-electron chi connectivity index (χ1n) is 6.63. The molecule has 1 unspecified atom stereocenters. The number of halogens is 2. The molecule has 3 nitrogen and oxygen atoms in total. The highest BCUT2D eigenvalue weighted by Crippen LogP contribution is 2.29. The molecular formula is C14H16F2N2O. The zero-order chi connectivity index (χ0) is 13.4. The molecule has 2 aliphatic rings. The number of hydrogen-bond donors (Lipinski definition) is 1. The maximum atomic E-state index is 13.1. The Balaban J connectivity index is 1.60. The zero-order valence-electron chi connectivity index (χ0n) is 10.5. The Kier molecular flexibility index (Phi) is 3.22. The summed E-state index contributed by atoms with van der Waals surface area (Å²) in [6.07, 6.45) is 3.43. The molecule has 0 spiro atoms. The number of rotatable bonds is 3. The molecule has 1 aromatic carbocycles. The normalized spacial score (nSPS) is 23.6. The molecule has 1 amide bonds. The molecule has 5 heteroatoms. The second-order valence-electron chi connectivity index (χ2n) is 5.31. The average molecular weight is 266 g/mol. The van der Waals surface area contributed by atoms with Crippen LogP contribution in [-0.4, -0.2) is 36.0 Å². The molecule has 19 heavy (non-hydrogen) atoms. The molecule has 0 radical (unpaired) electrons. The lowest BCUT2D eigenvalue weighted by molar-refractivity contribution is 0.0937. The molecule has 0 aromatic heterocycles. The molecule has 1 aliphatic carbocycles. The van der Waals surface area contributed by atoms with E-state index in [0.717, 1.165) is 31.6 Å². The Bertz CT molecular complexity index is 502. The predicted octanol–water partition coefficient (Wildman–Crippen LogP) is 1.93. The van der Waals surface area contributed by atoms with E-state index in [9.17, 15) is 13.6 Å². The van der Waals surface area contributed by atoms with Crippen molar-refractivity contribution in [2.45, 2.75) is 31.3 Å². The highest BCUT2D eigenvalue weighted by molar-refractivity contribution is 5.94. The lowest BCUT2D eigenvalue weighted by atomic mass is 10.1. The lowest BCUT2D eigenvalue weighted by Crippen LogP contribution is -2.37. The minimum Gasteiger partial charge on any atom is -0.348 e. The van der Waals surface area contributed by atoms with Crippen molar-refractivity contribution in [3.05, 3.63) is 35.4 Å². The number of nitrogens with one attached hydrogen (secondary N) is 1. The molecule has 1 aromatic rings. The van der Waals surface area contributed by atoms with E-state index < -0.39 is 11.6 Å². The van der Waals surface area contributed by atoms with Crippen LogP contribution in [0.4, 0.5) is 8.78 Å². The summed E-state index contributed by atoms with van der Waals surface area (Å²) in [6.45, 7) is 1.87. The number of nitrogens with zero attached hydrogens (tertiary/aromatic N) is 1. The van der Waals surface area contributed by atoms with Crippen molar-refractivity contribution < 1.29 is 13.6 Å². The third-order valence-electron chi connectivity index (χ3n) is 3.80. The summed E-state index contributed by atoms with van der Waals surface area (Å²) in [7, 11) is 0. The molecule has 3 rings (SSSR count). The van der Waals surface area contributed by atoms with Crippen molar-refractivity contribution in [3.8, 4) is 0 Å². The standard InChI is InChI=1S/C14H16F2N2O/c15-12-4-1-9(7-13(12)16)14(19)17-10-5-6-18(8-10)11-2-3-11/h1,4,7,10-11H,2-3,5-6,8H2,(H,17,19). The minimum absolute atomic E-state index is 0.112. The number of benzene rings is 1. The van der Waals surface area contributed by atoms with Crippen LogP contribution in [0.1, 0.15) is 29.6 Å². The summed E-state index contributed by atoms with van der Waals surface area (Å²) in [5.74, 6) is -2.25. The highest BCUT2D eigenvalue weighted by atomic mass is 19.2. The van der Waals surface area contributed by atoms with E-state index in [0.29, 0.717) is 6.04 Å². The molecule has 1 saturated heterocycles. The van der Waals surface area contributed by atoms with Gasteiger partial charge in [0.25, 0.3) is 5.91 Å². The Hall–Kier alpha value is -1.49. The molecule has 1 aliphatic heterocycles. The van der Waals surface area contributed by atoms with Gasteiger partial charge in [-0.25, -0.2) is 8.78 Å². The summed E-state index contributed by atoms with van der Waals surface area (Å²) in [5.41, 5.74) is 0.170. The van der Waals surface area contributed by atoms with E-state index in [4.69, 9.17) is 0 Å². The Morgan fingerprint density at radius 3 is 2.68 bits per heavy atom. The van der Waals surface area contributed by atoms with Gasteiger partial charge in [-0.15, -0.1) is 0 Å². The molecule has 2 fully saturated rings. The van der Waals surface area contributed by atoms with Crippen LogP contribution in [0.3, 0.4) is 0 Å². The van der Waals surface area contributed by atoms with Crippen molar-refractivity contribution >= 4 is 5.91 Å². The molecule has 102 valence electrons. The van der Waals surface area contributed by atoms with E-state index >= 15 is 0 Å².